The van der Waals surface area contributed by atoms with Gasteiger partial charge in [0, 0.05) is 35.5 Å². The molecule has 0 spiro atoms. The maximum atomic E-state index is 13.3. The zero-order valence-electron chi connectivity index (χ0n) is 29.4. The van der Waals surface area contributed by atoms with Crippen LogP contribution in [0.3, 0.4) is 0 Å². The van der Waals surface area contributed by atoms with E-state index in [1.807, 2.05) is 37.5 Å². The van der Waals surface area contributed by atoms with Gasteiger partial charge in [-0.05, 0) is 57.0 Å². The highest BCUT2D eigenvalue weighted by Crippen LogP contribution is 2.39. The third-order valence-electron chi connectivity index (χ3n) is 9.46. The second kappa shape index (κ2) is 14.5. The van der Waals surface area contributed by atoms with Crippen LogP contribution in [0, 0.1) is 32.1 Å². The van der Waals surface area contributed by atoms with Crippen molar-refractivity contribution >= 4 is 52.5 Å². The van der Waals surface area contributed by atoms with Crippen LogP contribution < -0.4 is 20.7 Å². The van der Waals surface area contributed by atoms with Gasteiger partial charge in [0.1, 0.15) is 28.7 Å². The van der Waals surface area contributed by atoms with Crippen molar-refractivity contribution in [1.29, 1.82) is 5.26 Å². The summed E-state index contributed by atoms with van der Waals surface area (Å²) in [6.45, 7) is 5.58. The number of fused-ring (bicyclic) bond motifs is 4. The molecule has 0 bridgehead atoms. The number of amides is 6. The number of rotatable bonds is 10. The Morgan fingerprint density at radius 3 is 2.44 bits per heavy atom. The van der Waals surface area contributed by atoms with Crippen LogP contribution in [-0.2, 0) is 19.2 Å². The lowest BCUT2D eigenvalue weighted by Gasteiger charge is -2.27. The van der Waals surface area contributed by atoms with Crippen molar-refractivity contribution in [2.75, 3.05) is 19.7 Å². The number of nitriles is 1. The molecule has 2 unspecified atom stereocenters. The first kappa shape index (κ1) is 35.8. The number of aromatic nitrogens is 3. The highest BCUT2D eigenvalue weighted by Gasteiger charge is 2.46. The van der Waals surface area contributed by atoms with E-state index >= 15 is 0 Å². The van der Waals surface area contributed by atoms with Gasteiger partial charge in [-0.25, -0.2) is 0 Å². The maximum absolute atomic E-state index is 13.3. The third-order valence-corrected chi connectivity index (χ3v) is 10.7. The summed E-state index contributed by atoms with van der Waals surface area (Å²) in [5.74, 6) is -2.35. The Morgan fingerprint density at radius 2 is 1.72 bits per heavy atom. The van der Waals surface area contributed by atoms with Crippen LogP contribution in [0.4, 0.5) is 0 Å². The van der Waals surface area contributed by atoms with E-state index in [0.717, 1.165) is 31.5 Å². The van der Waals surface area contributed by atoms with Gasteiger partial charge in [-0.2, -0.15) is 5.26 Å². The number of nitrogens with zero attached hydrogens (tertiary/aromatic N) is 6. The minimum absolute atomic E-state index is 0.00349. The molecule has 6 amide bonds. The normalized spacial score (nSPS) is 17.4. The SMILES string of the molecule is Cc1sc2c(c1C)C(c1ccc(C#N)cc1)=NC(CC(=O)NCCNC(=O)COc1cccc3c1C(=O)N(C1CCC(=O)NC1=O)C3=O)c1nnc(C)n1-2. The molecule has 3 N–H and O–H groups in total. The second-order valence-corrected chi connectivity index (χ2v) is 14.1. The Balaban J connectivity index is 0.974. The number of nitrogens with one attached hydrogen (secondary N) is 3. The van der Waals surface area contributed by atoms with Gasteiger partial charge in [-0.1, -0.05) is 18.2 Å². The first-order valence-electron chi connectivity index (χ1n) is 17.1. The number of ether oxygens (including phenoxy) is 1. The highest BCUT2D eigenvalue weighted by molar-refractivity contribution is 7.15. The molecule has 16 nitrogen and oxygen atoms in total. The first-order chi connectivity index (χ1) is 26.0. The molecule has 1 fully saturated rings. The van der Waals surface area contributed by atoms with E-state index in [9.17, 15) is 34.0 Å². The van der Waals surface area contributed by atoms with Crippen LogP contribution in [0.1, 0.15) is 84.8 Å². The monoisotopic (exact) mass is 747 g/mol. The lowest BCUT2D eigenvalue weighted by atomic mass is 9.99. The number of aryl methyl sites for hydroxylation is 2. The van der Waals surface area contributed by atoms with Crippen LogP contribution in [0.5, 0.6) is 5.75 Å². The van der Waals surface area contributed by atoms with Crippen molar-refractivity contribution in [2.45, 2.75) is 52.1 Å². The smallest absolute Gasteiger partial charge is 0.266 e. The number of aliphatic imine (C=N–C) groups is 1. The van der Waals surface area contributed by atoms with Crippen LogP contribution in [0.15, 0.2) is 47.5 Å². The Kier molecular flexibility index (Phi) is 9.60. The minimum atomic E-state index is -1.13. The summed E-state index contributed by atoms with van der Waals surface area (Å²) in [6.07, 6.45) is -0.0552. The number of imide groups is 2. The zero-order chi connectivity index (χ0) is 38.3. The Hall–Kier alpha value is -6.54. The molecule has 274 valence electrons. The molecule has 0 radical (unpaired) electrons. The molecule has 1 saturated heterocycles. The number of piperidine rings is 1. The molecule has 0 aliphatic carbocycles. The summed E-state index contributed by atoms with van der Waals surface area (Å²) in [7, 11) is 0. The Bertz CT molecular complexity index is 2340. The lowest BCUT2D eigenvalue weighted by Crippen LogP contribution is -2.54. The van der Waals surface area contributed by atoms with Crippen LogP contribution in [-0.4, -0.2) is 86.6 Å². The maximum Gasteiger partial charge on any atom is 0.266 e. The van der Waals surface area contributed by atoms with Gasteiger partial charge in [0.2, 0.25) is 17.7 Å². The molecule has 5 heterocycles. The molecule has 17 heteroatoms. The van der Waals surface area contributed by atoms with Gasteiger partial charge in [0.05, 0.1) is 34.9 Å². The number of hydrogen-bond donors (Lipinski definition) is 3. The van der Waals surface area contributed by atoms with E-state index in [1.54, 1.807) is 23.5 Å². The predicted octanol–water partition coefficient (Wildman–Crippen LogP) is 2.12. The largest absolute Gasteiger partial charge is 0.483 e. The first-order valence-corrected chi connectivity index (χ1v) is 17.9. The molecule has 3 aliphatic rings. The van der Waals surface area contributed by atoms with Crippen molar-refractivity contribution in [3.63, 3.8) is 0 Å². The summed E-state index contributed by atoms with van der Waals surface area (Å²) >= 11 is 1.59. The molecule has 3 aliphatic heterocycles. The predicted molar refractivity (Wildman–Crippen MR) is 192 cm³/mol. The number of thiophene rings is 1. The van der Waals surface area contributed by atoms with Gasteiger partial charge in [-0.3, -0.25) is 48.5 Å². The fourth-order valence-corrected chi connectivity index (χ4v) is 7.89. The van der Waals surface area contributed by atoms with Crippen molar-refractivity contribution in [1.82, 2.24) is 35.6 Å². The van der Waals surface area contributed by atoms with Crippen LogP contribution in [0.25, 0.3) is 5.00 Å². The molecule has 54 heavy (non-hydrogen) atoms. The average molecular weight is 748 g/mol. The molecular weight excluding hydrogens is 715 g/mol. The van der Waals surface area contributed by atoms with Gasteiger partial charge >= 0.3 is 0 Å². The molecule has 4 aromatic rings. The number of benzene rings is 2. The molecular formula is C37H33N9O7S. The molecule has 0 saturated carbocycles. The summed E-state index contributed by atoms with van der Waals surface area (Å²) in [5.41, 5.74) is 3.93. The van der Waals surface area contributed by atoms with E-state index in [-0.39, 0.29) is 55.1 Å². The average Bonchev–Trinajstić information content (AvgIpc) is 3.73. The van der Waals surface area contributed by atoms with Crippen molar-refractivity contribution in [3.8, 4) is 16.8 Å². The molecule has 7 rings (SSSR count). The topological polar surface area (TPSA) is 218 Å². The van der Waals surface area contributed by atoms with E-state index in [4.69, 9.17) is 9.73 Å². The quantitative estimate of drug-likeness (QED) is 0.159. The number of carbonyl (C=O) groups excluding carboxylic acids is 6. The standard InChI is InChI=1S/C37H33N9O7S/c1-18-19(2)54-37-30(18)32(22-9-7-21(16-38)8-10-22)41-24(33-44-43-20(3)45(33)37)15-28(48)39-13-14-40-29(49)17-53-26-6-4-5-23-31(26)36(52)46(35(23)51)25-11-12-27(47)42-34(25)50/h4-10,24-25H,11-15,17H2,1-3H3,(H,39,48)(H,40,49)(H,42,47,50). The van der Waals surface area contributed by atoms with Gasteiger partial charge < -0.3 is 15.4 Å². The van der Waals surface area contributed by atoms with Crippen molar-refractivity contribution in [3.05, 3.63) is 92.4 Å². The lowest BCUT2D eigenvalue weighted by molar-refractivity contribution is -0.136. The van der Waals surface area contributed by atoms with E-state index in [1.165, 1.54) is 18.2 Å². The minimum Gasteiger partial charge on any atom is -0.483 e. The molecule has 2 aromatic heterocycles. The molecule has 2 atom stereocenters. The van der Waals surface area contributed by atoms with E-state index in [0.29, 0.717) is 22.9 Å². The van der Waals surface area contributed by atoms with Crippen LogP contribution in [0.2, 0.25) is 0 Å². The Morgan fingerprint density at radius 1 is 0.981 bits per heavy atom. The summed E-state index contributed by atoms with van der Waals surface area (Å²) in [4.78, 5) is 83.3. The van der Waals surface area contributed by atoms with E-state index < -0.39 is 48.2 Å². The molecule has 2 aromatic carbocycles. The van der Waals surface area contributed by atoms with Gasteiger partial charge in [-0.15, -0.1) is 21.5 Å². The van der Waals surface area contributed by atoms with Gasteiger partial charge in [0.15, 0.2) is 12.4 Å². The number of carbonyl (C=O) groups is 6. The summed E-state index contributed by atoms with van der Waals surface area (Å²) in [5, 5.41) is 26.6. The van der Waals surface area contributed by atoms with Crippen molar-refractivity contribution < 1.29 is 33.5 Å². The van der Waals surface area contributed by atoms with Gasteiger partial charge in [0.25, 0.3) is 17.7 Å². The van der Waals surface area contributed by atoms with Crippen LogP contribution >= 0.6 is 11.3 Å². The summed E-state index contributed by atoms with van der Waals surface area (Å²) in [6, 6.07) is 11.8. The second-order valence-electron chi connectivity index (χ2n) is 12.9. The van der Waals surface area contributed by atoms with E-state index in [2.05, 4.69) is 32.2 Å². The summed E-state index contributed by atoms with van der Waals surface area (Å²) < 4.78 is 7.57. The Labute approximate surface area is 312 Å². The van der Waals surface area contributed by atoms with Crippen molar-refractivity contribution in [2.24, 2.45) is 4.99 Å². The highest BCUT2D eigenvalue weighted by atomic mass is 32.1. The third kappa shape index (κ3) is 6.51. The zero-order valence-corrected chi connectivity index (χ0v) is 30.2. The fourth-order valence-electron chi connectivity index (χ4n) is 6.68. The number of hydrogen-bond acceptors (Lipinski definition) is 12. The fraction of sp³-hybridized carbons (Fsp3) is 0.297.